The summed E-state index contributed by atoms with van der Waals surface area (Å²) in [5.74, 6) is 0.253. The van der Waals surface area contributed by atoms with Crippen LogP contribution in [0, 0.1) is 5.92 Å². The number of amides is 1. The molecular formula is C11H17NO3S. The van der Waals surface area contributed by atoms with Gasteiger partial charge in [-0.1, -0.05) is 12.5 Å². The van der Waals surface area contributed by atoms with Gasteiger partial charge in [0.25, 0.3) is 0 Å². The van der Waals surface area contributed by atoms with Gasteiger partial charge in [-0.3, -0.25) is 4.79 Å². The highest BCUT2D eigenvalue weighted by Gasteiger charge is 2.18. The van der Waals surface area contributed by atoms with Crippen LogP contribution in [0.15, 0.2) is 23.2 Å². The molecule has 5 heteroatoms. The van der Waals surface area contributed by atoms with Crippen molar-refractivity contribution in [2.24, 2.45) is 5.92 Å². The van der Waals surface area contributed by atoms with Gasteiger partial charge in [0.1, 0.15) is 5.76 Å². The van der Waals surface area contributed by atoms with Crippen LogP contribution in [0.3, 0.4) is 0 Å². The summed E-state index contributed by atoms with van der Waals surface area (Å²) >= 11 is 3.85. The summed E-state index contributed by atoms with van der Waals surface area (Å²) in [6, 6.07) is 0. The molecule has 16 heavy (non-hydrogen) atoms. The lowest BCUT2D eigenvalue weighted by molar-refractivity contribution is -0.118. The molecule has 4 nitrogen and oxygen atoms in total. The first-order valence-electron chi connectivity index (χ1n) is 5.23. The number of hydrogen-bond donors (Lipinski definition) is 4. The molecule has 0 aromatic heterocycles. The van der Waals surface area contributed by atoms with Crippen molar-refractivity contribution < 1.29 is 15.0 Å². The fourth-order valence-corrected chi connectivity index (χ4v) is 1.76. The number of carbonyl (C=O) groups is 1. The largest absolute Gasteiger partial charge is 0.508 e. The summed E-state index contributed by atoms with van der Waals surface area (Å²) in [7, 11) is 0. The van der Waals surface area contributed by atoms with Crippen LogP contribution in [0.4, 0.5) is 0 Å². The van der Waals surface area contributed by atoms with E-state index in [1.54, 1.807) is 6.08 Å². The van der Waals surface area contributed by atoms with Crippen molar-refractivity contribution in [3.63, 3.8) is 0 Å². The number of rotatable bonds is 4. The molecule has 0 spiro atoms. The summed E-state index contributed by atoms with van der Waals surface area (Å²) in [5.41, 5.74) is 1.04. The van der Waals surface area contributed by atoms with E-state index in [0.29, 0.717) is 19.4 Å². The summed E-state index contributed by atoms with van der Waals surface area (Å²) in [4.78, 5) is 10.9. The Morgan fingerprint density at radius 1 is 1.62 bits per heavy atom. The monoisotopic (exact) mass is 243 g/mol. The summed E-state index contributed by atoms with van der Waals surface area (Å²) in [6.07, 6.45) is 2.71. The highest BCUT2D eigenvalue weighted by atomic mass is 32.1. The predicted octanol–water partition coefficient (Wildman–Crippen LogP) is 1.72. The molecule has 0 heterocycles. The Balaban J connectivity index is 2.48. The minimum Gasteiger partial charge on any atom is -0.508 e. The third-order valence-corrected chi connectivity index (χ3v) is 2.92. The van der Waals surface area contributed by atoms with Gasteiger partial charge in [0.2, 0.25) is 5.91 Å². The molecule has 0 saturated heterocycles. The minimum absolute atomic E-state index is 0.0376. The van der Waals surface area contributed by atoms with E-state index in [1.807, 2.05) is 6.92 Å². The van der Waals surface area contributed by atoms with Crippen LogP contribution < -0.4 is 5.32 Å². The molecule has 0 aliphatic heterocycles. The second-order valence-electron chi connectivity index (χ2n) is 3.91. The Labute approximate surface area is 100 Å². The molecule has 0 saturated carbocycles. The third kappa shape index (κ3) is 3.48. The van der Waals surface area contributed by atoms with Gasteiger partial charge in [0, 0.05) is 13.0 Å². The lowest BCUT2D eigenvalue weighted by atomic mass is 9.89. The first-order chi connectivity index (χ1) is 7.54. The standard InChI is InChI=1S/C11H17NO3S/c1-7-4-9(13)10(14)5-8(7)2-3-12-11(15)6-16/h5,7,13-14,16H,2-4,6H2,1H3,(H,12,15). The van der Waals surface area contributed by atoms with Crippen LogP contribution in [0.1, 0.15) is 19.8 Å². The Morgan fingerprint density at radius 2 is 2.31 bits per heavy atom. The lowest BCUT2D eigenvalue weighted by Crippen LogP contribution is -2.26. The Morgan fingerprint density at radius 3 is 2.94 bits per heavy atom. The quantitative estimate of drug-likeness (QED) is 0.568. The summed E-state index contributed by atoms with van der Waals surface area (Å²) in [5, 5.41) is 21.4. The number of aliphatic hydroxyl groups excluding tert-OH is 2. The van der Waals surface area contributed by atoms with E-state index >= 15 is 0 Å². The fourth-order valence-electron chi connectivity index (χ4n) is 1.65. The van der Waals surface area contributed by atoms with Gasteiger partial charge >= 0.3 is 0 Å². The lowest BCUT2D eigenvalue weighted by Gasteiger charge is -2.20. The molecule has 1 aliphatic carbocycles. The maximum atomic E-state index is 10.9. The molecule has 0 radical (unpaired) electrons. The number of aliphatic hydroxyl groups is 2. The molecular weight excluding hydrogens is 226 g/mol. The van der Waals surface area contributed by atoms with Crippen molar-refractivity contribution in [2.45, 2.75) is 19.8 Å². The second-order valence-corrected chi connectivity index (χ2v) is 4.23. The highest BCUT2D eigenvalue weighted by Crippen LogP contribution is 2.28. The predicted molar refractivity (Wildman–Crippen MR) is 65.6 cm³/mol. The van der Waals surface area contributed by atoms with Gasteiger partial charge < -0.3 is 15.5 Å². The average molecular weight is 243 g/mol. The molecule has 1 atom stereocenters. The van der Waals surface area contributed by atoms with Gasteiger partial charge in [-0.25, -0.2) is 0 Å². The van der Waals surface area contributed by atoms with Gasteiger partial charge in [0.15, 0.2) is 5.76 Å². The highest BCUT2D eigenvalue weighted by molar-refractivity contribution is 7.81. The van der Waals surface area contributed by atoms with Crippen molar-refractivity contribution in [3.8, 4) is 0 Å². The minimum atomic E-state index is -0.102. The molecule has 0 aromatic rings. The van der Waals surface area contributed by atoms with E-state index in [-0.39, 0.29) is 29.1 Å². The molecule has 0 aromatic carbocycles. The van der Waals surface area contributed by atoms with Crippen LogP contribution >= 0.6 is 12.6 Å². The Hall–Kier alpha value is -1.10. The fraction of sp³-hybridized carbons (Fsp3) is 0.545. The van der Waals surface area contributed by atoms with Crippen molar-refractivity contribution in [2.75, 3.05) is 12.3 Å². The van der Waals surface area contributed by atoms with E-state index in [0.717, 1.165) is 5.57 Å². The molecule has 3 N–H and O–H groups in total. The molecule has 0 fully saturated rings. The van der Waals surface area contributed by atoms with Crippen LogP contribution in [0.5, 0.6) is 0 Å². The van der Waals surface area contributed by atoms with E-state index in [1.165, 1.54) is 0 Å². The van der Waals surface area contributed by atoms with E-state index in [9.17, 15) is 15.0 Å². The third-order valence-electron chi connectivity index (χ3n) is 2.63. The molecule has 1 amide bonds. The Bertz CT molecular complexity index is 336. The van der Waals surface area contributed by atoms with E-state index in [4.69, 9.17) is 0 Å². The first-order valence-corrected chi connectivity index (χ1v) is 5.87. The smallest absolute Gasteiger partial charge is 0.229 e. The number of hydrogen-bond acceptors (Lipinski definition) is 4. The average Bonchev–Trinajstić information content (AvgIpc) is 2.25. The molecule has 90 valence electrons. The zero-order valence-electron chi connectivity index (χ0n) is 9.23. The summed E-state index contributed by atoms with van der Waals surface area (Å²) in [6.45, 7) is 2.51. The van der Waals surface area contributed by atoms with Gasteiger partial charge in [0.05, 0.1) is 5.75 Å². The zero-order chi connectivity index (χ0) is 12.1. The maximum Gasteiger partial charge on any atom is 0.229 e. The van der Waals surface area contributed by atoms with E-state index < -0.39 is 0 Å². The van der Waals surface area contributed by atoms with Gasteiger partial charge in [-0.05, 0) is 18.4 Å². The van der Waals surface area contributed by atoms with Crippen molar-refractivity contribution in [3.05, 3.63) is 23.2 Å². The first kappa shape index (κ1) is 13.0. The van der Waals surface area contributed by atoms with Crippen molar-refractivity contribution in [1.82, 2.24) is 5.32 Å². The van der Waals surface area contributed by atoms with Crippen molar-refractivity contribution in [1.29, 1.82) is 0 Å². The normalized spacial score (nSPS) is 20.6. The van der Waals surface area contributed by atoms with Gasteiger partial charge in [-0.15, -0.1) is 0 Å². The van der Waals surface area contributed by atoms with Crippen LogP contribution in [0.25, 0.3) is 0 Å². The number of nitrogens with one attached hydrogen (secondary N) is 1. The molecule has 0 bridgehead atoms. The molecule has 1 rings (SSSR count). The number of carbonyl (C=O) groups excluding carboxylic acids is 1. The number of thiol groups is 1. The van der Waals surface area contributed by atoms with Crippen LogP contribution in [-0.4, -0.2) is 28.4 Å². The zero-order valence-corrected chi connectivity index (χ0v) is 10.1. The molecule has 1 unspecified atom stereocenters. The van der Waals surface area contributed by atoms with Crippen LogP contribution in [0.2, 0.25) is 0 Å². The Kier molecular flexibility index (Phi) is 4.73. The molecule has 1 aliphatic rings. The maximum absolute atomic E-state index is 10.9. The SMILES string of the molecule is CC1CC(O)=C(O)C=C1CCNC(=O)CS. The number of allylic oxidation sites excluding steroid dienone is 2. The summed E-state index contributed by atoms with van der Waals surface area (Å²) < 4.78 is 0. The van der Waals surface area contributed by atoms with Crippen molar-refractivity contribution >= 4 is 18.5 Å². The van der Waals surface area contributed by atoms with E-state index in [2.05, 4.69) is 17.9 Å². The van der Waals surface area contributed by atoms with Gasteiger partial charge in [-0.2, -0.15) is 12.6 Å². The topological polar surface area (TPSA) is 69.6 Å². The second kappa shape index (κ2) is 5.84. The van der Waals surface area contributed by atoms with Crippen LogP contribution in [-0.2, 0) is 4.79 Å².